The van der Waals surface area contributed by atoms with E-state index in [2.05, 4.69) is 15.0 Å². The highest BCUT2D eigenvalue weighted by atomic mass is 35.5. The van der Waals surface area contributed by atoms with Gasteiger partial charge in [-0.2, -0.15) is 4.31 Å². The van der Waals surface area contributed by atoms with Crippen molar-refractivity contribution in [3.8, 4) is 11.1 Å². The van der Waals surface area contributed by atoms with Gasteiger partial charge in [-0.05, 0) is 60.5 Å². The molecule has 0 saturated carbocycles. The lowest BCUT2D eigenvalue weighted by Crippen LogP contribution is -2.50. The second-order valence-corrected chi connectivity index (χ2v) is 10.5. The molecule has 0 spiro atoms. The zero-order valence-electron chi connectivity index (χ0n) is 18.4. The van der Waals surface area contributed by atoms with Gasteiger partial charge < -0.3 is 9.88 Å². The van der Waals surface area contributed by atoms with Gasteiger partial charge in [0.1, 0.15) is 0 Å². The van der Waals surface area contributed by atoms with E-state index in [0.717, 1.165) is 16.8 Å². The molecule has 4 aromatic rings. The van der Waals surface area contributed by atoms with Gasteiger partial charge in [0, 0.05) is 48.7 Å². The lowest BCUT2D eigenvalue weighted by atomic mass is 10.0. The Morgan fingerprint density at radius 1 is 0.971 bits per heavy atom. The Hall–Kier alpha value is -3.27. The molecule has 1 amide bonds. The molecule has 1 saturated heterocycles. The quantitative estimate of drug-likeness (QED) is 0.465. The lowest BCUT2D eigenvalue weighted by Gasteiger charge is -2.33. The summed E-state index contributed by atoms with van der Waals surface area (Å²) in [7, 11) is -3.81. The van der Waals surface area contributed by atoms with Gasteiger partial charge in [0.25, 0.3) is 15.9 Å². The first-order valence-corrected chi connectivity index (χ1v) is 12.6. The summed E-state index contributed by atoms with van der Waals surface area (Å²) in [5, 5.41) is 0.377. The summed E-state index contributed by atoms with van der Waals surface area (Å²) in [6.45, 7) is 2.93. The van der Waals surface area contributed by atoms with Gasteiger partial charge in [0.15, 0.2) is 0 Å². The van der Waals surface area contributed by atoms with Crippen LogP contribution in [0.3, 0.4) is 0 Å². The summed E-state index contributed by atoms with van der Waals surface area (Å²) in [6.07, 6.45) is 1.76. The number of H-pyrrole nitrogens is 1. The number of amides is 1. The maximum atomic E-state index is 13.1. The smallest absolute Gasteiger partial charge is 0.276 e. The second-order valence-electron chi connectivity index (χ2n) is 8.16. The number of hydrogen-bond donors (Lipinski definition) is 1. The number of imidazole rings is 1. The summed E-state index contributed by atoms with van der Waals surface area (Å²) in [6, 6.07) is 16.3. The van der Waals surface area contributed by atoms with E-state index < -0.39 is 10.0 Å². The number of pyridine rings is 1. The fourth-order valence-corrected chi connectivity index (χ4v) is 5.56. The van der Waals surface area contributed by atoms with Crippen LogP contribution in [0.25, 0.3) is 22.2 Å². The van der Waals surface area contributed by atoms with Gasteiger partial charge in [-0.1, -0.05) is 23.7 Å². The average Bonchev–Trinajstić information content (AvgIpc) is 3.28. The summed E-state index contributed by atoms with van der Waals surface area (Å²) in [4.78, 5) is 25.9. The number of halogens is 1. The molecule has 0 atom stereocenters. The van der Waals surface area contributed by atoms with Crippen LogP contribution in [0.2, 0.25) is 5.02 Å². The number of piperazine rings is 1. The number of benzene rings is 2. The van der Waals surface area contributed by atoms with E-state index in [9.17, 15) is 13.2 Å². The van der Waals surface area contributed by atoms with Crippen LogP contribution in [0.1, 0.15) is 16.1 Å². The molecule has 34 heavy (non-hydrogen) atoms. The molecular weight excluding hydrogens is 474 g/mol. The molecule has 3 heterocycles. The highest BCUT2D eigenvalue weighted by molar-refractivity contribution is 7.89. The number of sulfonamides is 1. The van der Waals surface area contributed by atoms with Gasteiger partial charge in [-0.25, -0.2) is 13.4 Å². The SMILES string of the molecule is Cc1cc(-c2ccc(C(=O)N3CCN(S(=O)(=O)c4nc5ccc(Cl)cc5[nH]4)CC3)cc2)ccn1. The molecule has 0 radical (unpaired) electrons. The van der Waals surface area contributed by atoms with Crippen LogP contribution in [0.5, 0.6) is 0 Å². The molecule has 174 valence electrons. The van der Waals surface area contributed by atoms with Crippen molar-refractivity contribution in [1.29, 1.82) is 0 Å². The van der Waals surface area contributed by atoms with E-state index in [1.807, 2.05) is 31.2 Å². The second kappa shape index (κ2) is 8.83. The molecule has 1 aliphatic rings. The normalized spacial score (nSPS) is 15.1. The van der Waals surface area contributed by atoms with Crippen LogP contribution in [-0.2, 0) is 10.0 Å². The Kier molecular flexibility index (Phi) is 5.85. The van der Waals surface area contributed by atoms with Crippen molar-refractivity contribution >= 4 is 38.6 Å². The summed E-state index contributed by atoms with van der Waals surface area (Å²) in [5.41, 5.74) is 4.63. The summed E-state index contributed by atoms with van der Waals surface area (Å²) < 4.78 is 27.5. The van der Waals surface area contributed by atoms with Crippen molar-refractivity contribution < 1.29 is 13.2 Å². The first-order chi connectivity index (χ1) is 16.3. The van der Waals surface area contributed by atoms with Gasteiger partial charge in [-0.3, -0.25) is 9.78 Å². The van der Waals surface area contributed by atoms with Gasteiger partial charge in [0.2, 0.25) is 5.16 Å². The number of nitrogens with one attached hydrogen (secondary N) is 1. The molecule has 8 nitrogen and oxygen atoms in total. The monoisotopic (exact) mass is 495 g/mol. The molecule has 5 rings (SSSR count). The van der Waals surface area contributed by atoms with Crippen LogP contribution in [0.4, 0.5) is 0 Å². The minimum absolute atomic E-state index is 0.118. The van der Waals surface area contributed by atoms with Crippen LogP contribution < -0.4 is 0 Å². The number of aromatic nitrogens is 3. The van der Waals surface area contributed by atoms with Crippen LogP contribution in [0.15, 0.2) is 66.0 Å². The van der Waals surface area contributed by atoms with Crippen molar-refractivity contribution in [2.45, 2.75) is 12.1 Å². The Morgan fingerprint density at radius 2 is 1.71 bits per heavy atom. The highest BCUT2D eigenvalue weighted by Gasteiger charge is 2.32. The average molecular weight is 496 g/mol. The predicted molar refractivity (Wildman–Crippen MR) is 130 cm³/mol. The Labute approximate surface area is 202 Å². The van der Waals surface area contributed by atoms with Gasteiger partial charge in [0.05, 0.1) is 11.0 Å². The third-order valence-corrected chi connectivity index (χ3v) is 7.86. The Bertz CT molecular complexity index is 1480. The zero-order valence-corrected chi connectivity index (χ0v) is 20.0. The van der Waals surface area contributed by atoms with Crippen molar-refractivity contribution in [3.05, 3.63) is 77.1 Å². The van der Waals surface area contributed by atoms with E-state index in [-0.39, 0.29) is 24.2 Å². The van der Waals surface area contributed by atoms with Crippen molar-refractivity contribution in [2.75, 3.05) is 26.2 Å². The van der Waals surface area contributed by atoms with Crippen LogP contribution in [-0.4, -0.2) is 64.7 Å². The first kappa shape index (κ1) is 22.5. The molecule has 2 aromatic carbocycles. The highest BCUT2D eigenvalue weighted by Crippen LogP contribution is 2.23. The van der Waals surface area contributed by atoms with E-state index in [0.29, 0.717) is 34.7 Å². The zero-order chi connectivity index (χ0) is 23.9. The largest absolute Gasteiger partial charge is 0.336 e. The number of fused-ring (bicyclic) bond motifs is 1. The summed E-state index contributed by atoms with van der Waals surface area (Å²) >= 11 is 5.99. The molecule has 1 N–H and O–H groups in total. The maximum absolute atomic E-state index is 13.1. The standard InChI is InChI=1S/C24H22ClN5O3S/c1-16-14-19(8-9-26-16)17-2-4-18(5-3-17)23(31)29-10-12-30(13-11-29)34(32,33)24-27-21-7-6-20(25)15-22(21)28-24/h2-9,14-15H,10-13H2,1H3,(H,27,28). The number of aryl methyl sites for hydroxylation is 1. The maximum Gasteiger partial charge on any atom is 0.276 e. The van der Waals surface area contributed by atoms with E-state index in [1.54, 1.807) is 41.4 Å². The molecule has 2 aromatic heterocycles. The molecule has 0 unspecified atom stereocenters. The number of carbonyl (C=O) groups is 1. The molecule has 1 fully saturated rings. The van der Waals surface area contributed by atoms with Crippen molar-refractivity contribution in [2.24, 2.45) is 0 Å². The molecular formula is C24H22ClN5O3S. The minimum Gasteiger partial charge on any atom is -0.336 e. The van der Waals surface area contributed by atoms with Crippen LogP contribution in [0, 0.1) is 6.92 Å². The number of rotatable bonds is 4. The van der Waals surface area contributed by atoms with Crippen LogP contribution >= 0.6 is 11.6 Å². The van der Waals surface area contributed by atoms with E-state index >= 15 is 0 Å². The van der Waals surface area contributed by atoms with Gasteiger partial charge in [-0.15, -0.1) is 0 Å². The molecule has 10 heteroatoms. The lowest BCUT2D eigenvalue weighted by molar-refractivity contribution is 0.0697. The fraction of sp³-hybridized carbons (Fsp3) is 0.208. The topological polar surface area (TPSA) is 99.3 Å². The molecule has 0 bridgehead atoms. The fourth-order valence-electron chi connectivity index (χ4n) is 4.05. The molecule has 1 aliphatic heterocycles. The number of hydrogen-bond acceptors (Lipinski definition) is 5. The molecule has 0 aliphatic carbocycles. The Balaban J connectivity index is 1.26. The minimum atomic E-state index is -3.81. The third kappa shape index (κ3) is 4.29. The summed E-state index contributed by atoms with van der Waals surface area (Å²) in [5.74, 6) is -0.118. The number of carbonyl (C=O) groups excluding carboxylic acids is 1. The number of aromatic amines is 1. The van der Waals surface area contributed by atoms with E-state index in [4.69, 9.17) is 11.6 Å². The van der Waals surface area contributed by atoms with Crippen molar-refractivity contribution in [1.82, 2.24) is 24.2 Å². The van der Waals surface area contributed by atoms with Crippen molar-refractivity contribution in [3.63, 3.8) is 0 Å². The third-order valence-electron chi connectivity index (χ3n) is 5.89. The first-order valence-electron chi connectivity index (χ1n) is 10.8. The Morgan fingerprint density at radius 3 is 2.41 bits per heavy atom. The number of nitrogens with zero attached hydrogens (tertiary/aromatic N) is 4. The van der Waals surface area contributed by atoms with E-state index in [1.165, 1.54) is 4.31 Å². The van der Waals surface area contributed by atoms with Gasteiger partial charge >= 0.3 is 0 Å². The predicted octanol–water partition coefficient (Wildman–Crippen LogP) is 3.73.